The van der Waals surface area contributed by atoms with Crippen molar-refractivity contribution in [2.75, 3.05) is 41.4 Å². The van der Waals surface area contributed by atoms with Crippen LogP contribution < -0.4 is 9.47 Å². The van der Waals surface area contributed by atoms with E-state index in [1.165, 1.54) is 12.0 Å². The van der Waals surface area contributed by atoms with Crippen LogP contribution in [0.2, 0.25) is 0 Å². The molecular weight excluding hydrogens is 396 g/mol. The third-order valence-electron chi connectivity index (χ3n) is 5.30. The fraction of sp³-hybridized carbons (Fsp3) is 0.333. The Hall–Kier alpha value is -3.32. The number of aliphatic hydroxyl groups is 1. The van der Waals surface area contributed by atoms with Crippen LogP contribution in [0.1, 0.15) is 23.6 Å². The molecule has 0 aliphatic carbocycles. The van der Waals surface area contributed by atoms with Crippen LogP contribution in [0.15, 0.2) is 54.1 Å². The Kier molecular flexibility index (Phi) is 6.97. The van der Waals surface area contributed by atoms with E-state index >= 15 is 0 Å². The van der Waals surface area contributed by atoms with Gasteiger partial charge in [0.2, 0.25) is 0 Å². The number of likely N-dealkylation sites (tertiary alicyclic amines) is 1. The molecule has 0 spiro atoms. The Bertz CT molecular complexity index is 999. The van der Waals surface area contributed by atoms with Gasteiger partial charge in [0.1, 0.15) is 17.3 Å². The molecular formula is C24H28N2O5. The smallest absolute Gasteiger partial charge is 0.295 e. The molecule has 0 unspecified atom stereocenters. The maximum Gasteiger partial charge on any atom is 0.295 e. The van der Waals surface area contributed by atoms with E-state index in [2.05, 4.69) is 0 Å². The van der Waals surface area contributed by atoms with Crippen molar-refractivity contribution in [1.29, 1.82) is 0 Å². The summed E-state index contributed by atoms with van der Waals surface area (Å²) < 4.78 is 10.6. The Morgan fingerprint density at radius 2 is 1.68 bits per heavy atom. The minimum absolute atomic E-state index is 0.0661. The lowest BCUT2D eigenvalue weighted by molar-refractivity contribution is -0.139. The quantitative estimate of drug-likeness (QED) is 0.399. The average Bonchev–Trinajstić information content (AvgIpc) is 3.03. The summed E-state index contributed by atoms with van der Waals surface area (Å²) in [5.41, 5.74) is 1.18. The Labute approximate surface area is 182 Å². The van der Waals surface area contributed by atoms with Crippen molar-refractivity contribution in [3.8, 4) is 11.5 Å². The number of benzene rings is 2. The first-order valence-corrected chi connectivity index (χ1v) is 10.1. The molecule has 7 heteroatoms. The number of Topliss-reactive ketones (excluding diaryl/α,β-unsaturated/α-hetero) is 1. The van der Waals surface area contributed by atoms with Gasteiger partial charge in [0, 0.05) is 12.1 Å². The zero-order chi connectivity index (χ0) is 22.5. The summed E-state index contributed by atoms with van der Waals surface area (Å²) in [5.74, 6) is -0.380. The van der Waals surface area contributed by atoms with E-state index in [1.54, 1.807) is 49.6 Å². The zero-order valence-electron chi connectivity index (χ0n) is 18.3. The molecule has 0 saturated carbocycles. The molecule has 1 aliphatic heterocycles. The monoisotopic (exact) mass is 424 g/mol. The molecule has 2 aromatic rings. The molecule has 0 aromatic heterocycles. The first-order valence-electron chi connectivity index (χ1n) is 10.1. The molecule has 1 atom stereocenters. The highest BCUT2D eigenvalue weighted by Crippen LogP contribution is 2.40. The molecule has 2 aromatic carbocycles. The fourth-order valence-corrected chi connectivity index (χ4v) is 3.75. The maximum absolute atomic E-state index is 13.0. The third kappa shape index (κ3) is 4.72. The summed E-state index contributed by atoms with van der Waals surface area (Å²) in [6, 6.07) is 13.3. The maximum atomic E-state index is 13.0. The normalized spacial score (nSPS) is 18.0. The number of aliphatic hydroxyl groups excluding tert-OH is 1. The molecule has 3 rings (SSSR count). The molecule has 1 fully saturated rings. The lowest BCUT2D eigenvalue weighted by Gasteiger charge is -2.26. The number of ketones is 1. The summed E-state index contributed by atoms with van der Waals surface area (Å²) in [7, 11) is 7.00. The molecule has 1 N–H and O–H groups in total. The number of ether oxygens (including phenoxy) is 2. The van der Waals surface area contributed by atoms with Gasteiger partial charge in [-0.15, -0.1) is 0 Å². The standard InChI is InChI=1S/C24H28N2O5/c1-25(2)12-7-13-26-21(16-8-5-10-18(14-16)30-3)20(23(28)24(26)29)22(27)17-9-6-11-19(15-17)31-4/h5-6,8-11,14-15,21,27H,7,12-13H2,1-4H3/t21-/m1/s1. The number of hydrogen-bond donors (Lipinski definition) is 1. The van der Waals surface area contributed by atoms with Crippen LogP contribution in [0.5, 0.6) is 11.5 Å². The highest BCUT2D eigenvalue weighted by molar-refractivity contribution is 6.46. The number of methoxy groups -OCH3 is 2. The second-order valence-corrected chi connectivity index (χ2v) is 7.66. The Morgan fingerprint density at radius 3 is 2.32 bits per heavy atom. The first-order chi connectivity index (χ1) is 14.9. The lowest BCUT2D eigenvalue weighted by Crippen LogP contribution is -2.32. The number of hydrogen-bond acceptors (Lipinski definition) is 6. The van der Waals surface area contributed by atoms with Gasteiger partial charge < -0.3 is 24.4 Å². The van der Waals surface area contributed by atoms with Crippen molar-refractivity contribution in [2.45, 2.75) is 12.5 Å². The molecule has 1 saturated heterocycles. The van der Waals surface area contributed by atoms with Crippen LogP contribution in [0, 0.1) is 0 Å². The van der Waals surface area contributed by atoms with E-state index < -0.39 is 17.7 Å². The molecule has 1 aliphatic rings. The predicted molar refractivity (Wildman–Crippen MR) is 118 cm³/mol. The van der Waals surface area contributed by atoms with Crippen molar-refractivity contribution in [3.05, 3.63) is 65.2 Å². The number of carbonyl (C=O) groups excluding carboxylic acids is 2. The van der Waals surface area contributed by atoms with Crippen LogP contribution in [-0.2, 0) is 9.59 Å². The van der Waals surface area contributed by atoms with E-state index in [-0.39, 0.29) is 11.3 Å². The molecule has 0 bridgehead atoms. The summed E-state index contributed by atoms with van der Waals surface area (Å²) >= 11 is 0. The van der Waals surface area contributed by atoms with Gasteiger partial charge in [0.05, 0.1) is 25.8 Å². The van der Waals surface area contributed by atoms with Crippen molar-refractivity contribution in [3.63, 3.8) is 0 Å². The molecule has 1 amide bonds. The van der Waals surface area contributed by atoms with Crippen LogP contribution >= 0.6 is 0 Å². The van der Waals surface area contributed by atoms with E-state index in [1.807, 2.05) is 25.1 Å². The van der Waals surface area contributed by atoms with Crippen molar-refractivity contribution < 1.29 is 24.2 Å². The molecule has 1 heterocycles. The minimum Gasteiger partial charge on any atom is -0.507 e. The number of rotatable bonds is 8. The van der Waals surface area contributed by atoms with E-state index in [0.29, 0.717) is 35.6 Å². The SMILES string of the molecule is COc1cccc(C(O)=C2C(=O)C(=O)N(CCCN(C)C)[C@@H]2c2cccc(OC)c2)c1. The zero-order valence-corrected chi connectivity index (χ0v) is 18.3. The van der Waals surface area contributed by atoms with Gasteiger partial charge in [-0.2, -0.15) is 0 Å². The highest BCUT2D eigenvalue weighted by Gasteiger charge is 2.45. The summed E-state index contributed by atoms with van der Waals surface area (Å²) in [4.78, 5) is 29.5. The Morgan fingerprint density at radius 1 is 1.03 bits per heavy atom. The van der Waals surface area contributed by atoms with Gasteiger partial charge in [0.25, 0.3) is 11.7 Å². The molecule has 0 radical (unpaired) electrons. The first kappa shape index (κ1) is 22.4. The van der Waals surface area contributed by atoms with Crippen LogP contribution in [0.4, 0.5) is 0 Å². The molecule has 164 valence electrons. The molecule has 31 heavy (non-hydrogen) atoms. The Balaban J connectivity index is 2.12. The van der Waals surface area contributed by atoms with Gasteiger partial charge >= 0.3 is 0 Å². The van der Waals surface area contributed by atoms with Gasteiger partial charge in [-0.05, 0) is 56.9 Å². The predicted octanol–water partition coefficient (Wildman–Crippen LogP) is 3.08. The summed E-state index contributed by atoms with van der Waals surface area (Å²) in [6.45, 7) is 1.16. The largest absolute Gasteiger partial charge is 0.507 e. The second-order valence-electron chi connectivity index (χ2n) is 7.66. The van der Waals surface area contributed by atoms with Crippen molar-refractivity contribution in [1.82, 2.24) is 9.80 Å². The number of nitrogens with zero attached hydrogens (tertiary/aromatic N) is 2. The van der Waals surface area contributed by atoms with E-state index in [0.717, 1.165) is 6.54 Å². The third-order valence-corrected chi connectivity index (χ3v) is 5.30. The topological polar surface area (TPSA) is 79.3 Å². The van der Waals surface area contributed by atoms with Gasteiger partial charge in [-0.25, -0.2) is 0 Å². The number of carbonyl (C=O) groups is 2. The summed E-state index contributed by atoms with van der Waals surface area (Å²) in [6.07, 6.45) is 0.694. The van der Waals surface area contributed by atoms with Crippen molar-refractivity contribution in [2.24, 2.45) is 0 Å². The average molecular weight is 424 g/mol. The van der Waals surface area contributed by atoms with Crippen molar-refractivity contribution >= 4 is 17.4 Å². The highest BCUT2D eigenvalue weighted by atomic mass is 16.5. The number of amides is 1. The lowest BCUT2D eigenvalue weighted by atomic mass is 9.95. The van der Waals surface area contributed by atoms with Gasteiger partial charge in [-0.3, -0.25) is 9.59 Å². The van der Waals surface area contributed by atoms with Crippen LogP contribution in [0.3, 0.4) is 0 Å². The second kappa shape index (κ2) is 9.66. The fourth-order valence-electron chi connectivity index (χ4n) is 3.75. The van der Waals surface area contributed by atoms with E-state index in [9.17, 15) is 14.7 Å². The summed E-state index contributed by atoms with van der Waals surface area (Å²) in [5, 5.41) is 11.1. The minimum atomic E-state index is -0.705. The molecule has 7 nitrogen and oxygen atoms in total. The van der Waals surface area contributed by atoms with Gasteiger partial charge in [-0.1, -0.05) is 24.3 Å². The van der Waals surface area contributed by atoms with Gasteiger partial charge in [0.15, 0.2) is 0 Å². The van der Waals surface area contributed by atoms with Crippen LogP contribution in [-0.4, -0.2) is 68.0 Å². The van der Waals surface area contributed by atoms with E-state index in [4.69, 9.17) is 9.47 Å². The van der Waals surface area contributed by atoms with Crippen LogP contribution in [0.25, 0.3) is 5.76 Å².